The summed E-state index contributed by atoms with van der Waals surface area (Å²) in [4.78, 5) is 0. The van der Waals surface area contributed by atoms with Crippen LogP contribution in [0, 0.1) is 11.3 Å². The summed E-state index contributed by atoms with van der Waals surface area (Å²) in [5.74, 6) is 1.25. The molecular formula is C12H10ClN3OS. The average Bonchev–Trinajstić information content (AvgIpc) is 2.83. The number of nitrogens with zero attached hydrogens (tertiary/aromatic N) is 3. The normalized spacial score (nSPS) is 10.2. The molecule has 0 aliphatic carbocycles. The Morgan fingerprint density at radius 2 is 2.28 bits per heavy atom. The molecule has 92 valence electrons. The van der Waals surface area contributed by atoms with E-state index < -0.39 is 0 Å². The molecule has 0 saturated carbocycles. The smallest absolute Gasteiger partial charge is 0.276 e. The summed E-state index contributed by atoms with van der Waals surface area (Å²) in [6.07, 6.45) is 1.36. The quantitative estimate of drug-likeness (QED) is 0.615. The molecule has 4 nitrogen and oxygen atoms in total. The third kappa shape index (κ3) is 3.49. The van der Waals surface area contributed by atoms with Gasteiger partial charge in [0.2, 0.25) is 5.89 Å². The van der Waals surface area contributed by atoms with E-state index in [-0.39, 0.29) is 0 Å². The van der Waals surface area contributed by atoms with Gasteiger partial charge in [-0.2, -0.15) is 5.26 Å². The molecule has 0 radical (unpaired) electrons. The highest BCUT2D eigenvalue weighted by Crippen LogP contribution is 2.25. The maximum atomic E-state index is 8.42. The van der Waals surface area contributed by atoms with Crippen molar-refractivity contribution >= 4 is 23.4 Å². The highest BCUT2D eigenvalue weighted by molar-refractivity contribution is 7.99. The van der Waals surface area contributed by atoms with Crippen molar-refractivity contribution in [2.75, 3.05) is 5.75 Å². The predicted octanol–water partition coefficient (Wildman–Crippen LogP) is 3.79. The van der Waals surface area contributed by atoms with Crippen molar-refractivity contribution in [3.05, 3.63) is 29.3 Å². The fourth-order valence-corrected chi connectivity index (χ4v) is 2.21. The Balaban J connectivity index is 2.00. The number of hydrogen-bond donors (Lipinski definition) is 0. The Labute approximate surface area is 114 Å². The van der Waals surface area contributed by atoms with Gasteiger partial charge in [0.15, 0.2) is 0 Å². The van der Waals surface area contributed by atoms with Gasteiger partial charge in [-0.05, 0) is 24.6 Å². The van der Waals surface area contributed by atoms with E-state index >= 15 is 0 Å². The van der Waals surface area contributed by atoms with Crippen LogP contribution in [0.4, 0.5) is 0 Å². The average molecular weight is 280 g/mol. The van der Waals surface area contributed by atoms with Crippen molar-refractivity contribution in [1.29, 1.82) is 5.26 Å². The molecule has 1 aromatic carbocycles. The van der Waals surface area contributed by atoms with Gasteiger partial charge in [-0.25, -0.2) is 0 Å². The molecule has 0 fully saturated rings. The Hall–Kier alpha value is -1.51. The van der Waals surface area contributed by atoms with Crippen LogP contribution in [0.1, 0.15) is 12.8 Å². The maximum Gasteiger partial charge on any atom is 0.276 e. The minimum Gasteiger partial charge on any atom is -0.411 e. The SMILES string of the molecule is N#CCCCSc1nnc(-c2cccc(Cl)c2)o1. The second-order valence-electron chi connectivity index (χ2n) is 3.49. The number of rotatable bonds is 5. The highest BCUT2D eigenvalue weighted by Gasteiger charge is 2.08. The Morgan fingerprint density at radius 3 is 3.06 bits per heavy atom. The molecule has 0 aliphatic rings. The lowest BCUT2D eigenvalue weighted by Crippen LogP contribution is -1.78. The summed E-state index contributed by atoms with van der Waals surface area (Å²) in [7, 11) is 0. The Bertz CT molecular complexity index is 564. The number of nitriles is 1. The highest BCUT2D eigenvalue weighted by atomic mass is 35.5. The van der Waals surface area contributed by atoms with Crippen molar-refractivity contribution in [3.63, 3.8) is 0 Å². The molecule has 1 heterocycles. The summed E-state index contributed by atoms with van der Waals surface area (Å²) < 4.78 is 5.50. The zero-order valence-electron chi connectivity index (χ0n) is 9.47. The third-order valence-electron chi connectivity index (χ3n) is 2.14. The van der Waals surface area contributed by atoms with E-state index in [0.717, 1.165) is 17.7 Å². The molecule has 0 spiro atoms. The third-order valence-corrected chi connectivity index (χ3v) is 3.28. The first-order chi connectivity index (χ1) is 8.79. The van der Waals surface area contributed by atoms with E-state index in [9.17, 15) is 0 Å². The van der Waals surface area contributed by atoms with E-state index in [1.165, 1.54) is 11.8 Å². The molecule has 6 heteroatoms. The molecule has 0 amide bonds. The molecule has 0 unspecified atom stereocenters. The lowest BCUT2D eigenvalue weighted by atomic mass is 10.2. The van der Waals surface area contributed by atoms with E-state index in [4.69, 9.17) is 21.3 Å². The lowest BCUT2D eigenvalue weighted by molar-refractivity contribution is 0.466. The first-order valence-corrected chi connectivity index (χ1v) is 6.75. The van der Waals surface area contributed by atoms with E-state index in [2.05, 4.69) is 16.3 Å². The molecular weight excluding hydrogens is 270 g/mol. The van der Waals surface area contributed by atoms with Crippen LogP contribution in [-0.4, -0.2) is 16.0 Å². The first kappa shape index (κ1) is 12.9. The number of halogens is 1. The summed E-state index contributed by atoms with van der Waals surface area (Å²) in [6, 6.07) is 9.36. The van der Waals surface area contributed by atoms with Crippen LogP contribution in [0.3, 0.4) is 0 Å². The van der Waals surface area contributed by atoms with Crippen molar-refractivity contribution in [2.45, 2.75) is 18.1 Å². The number of aromatic nitrogens is 2. The number of hydrogen-bond acceptors (Lipinski definition) is 5. The minimum absolute atomic E-state index is 0.459. The van der Waals surface area contributed by atoms with Crippen LogP contribution >= 0.6 is 23.4 Å². The Morgan fingerprint density at radius 1 is 1.39 bits per heavy atom. The topological polar surface area (TPSA) is 62.7 Å². The monoisotopic (exact) mass is 279 g/mol. The predicted molar refractivity (Wildman–Crippen MR) is 70.3 cm³/mol. The molecule has 2 aromatic rings. The van der Waals surface area contributed by atoms with Crippen LogP contribution in [0.2, 0.25) is 5.02 Å². The second-order valence-corrected chi connectivity index (χ2v) is 4.98. The summed E-state index contributed by atoms with van der Waals surface area (Å²) in [5, 5.41) is 17.5. The van der Waals surface area contributed by atoms with Gasteiger partial charge in [-0.3, -0.25) is 0 Å². The van der Waals surface area contributed by atoms with Crippen LogP contribution in [0.5, 0.6) is 0 Å². The molecule has 0 bridgehead atoms. The van der Waals surface area contributed by atoms with Gasteiger partial charge >= 0.3 is 0 Å². The summed E-state index contributed by atoms with van der Waals surface area (Å²) in [6.45, 7) is 0. The molecule has 0 atom stereocenters. The van der Waals surface area contributed by atoms with Gasteiger partial charge in [0.25, 0.3) is 5.22 Å². The largest absolute Gasteiger partial charge is 0.411 e. The van der Waals surface area contributed by atoms with Crippen molar-refractivity contribution in [2.24, 2.45) is 0 Å². The molecule has 2 rings (SSSR count). The van der Waals surface area contributed by atoms with Gasteiger partial charge in [0.1, 0.15) is 0 Å². The fraction of sp³-hybridized carbons (Fsp3) is 0.250. The van der Waals surface area contributed by atoms with E-state index in [1.54, 1.807) is 12.1 Å². The Kier molecular flexibility index (Phi) is 4.62. The van der Waals surface area contributed by atoms with Crippen LogP contribution in [0.15, 0.2) is 33.9 Å². The minimum atomic E-state index is 0.459. The zero-order valence-corrected chi connectivity index (χ0v) is 11.0. The fourth-order valence-electron chi connectivity index (χ4n) is 1.32. The molecule has 18 heavy (non-hydrogen) atoms. The van der Waals surface area contributed by atoms with Gasteiger partial charge in [0.05, 0.1) is 6.07 Å². The molecule has 0 saturated heterocycles. The lowest BCUT2D eigenvalue weighted by Gasteiger charge is -1.95. The maximum absolute atomic E-state index is 8.42. The van der Waals surface area contributed by atoms with Crippen molar-refractivity contribution < 1.29 is 4.42 Å². The second kappa shape index (κ2) is 6.43. The van der Waals surface area contributed by atoms with Crippen molar-refractivity contribution in [1.82, 2.24) is 10.2 Å². The zero-order chi connectivity index (χ0) is 12.8. The van der Waals surface area contributed by atoms with Gasteiger partial charge < -0.3 is 4.42 Å². The number of unbranched alkanes of at least 4 members (excludes halogenated alkanes) is 1. The summed E-state index contributed by atoms with van der Waals surface area (Å²) >= 11 is 7.35. The van der Waals surface area contributed by atoms with Crippen LogP contribution < -0.4 is 0 Å². The van der Waals surface area contributed by atoms with Gasteiger partial charge in [-0.1, -0.05) is 29.4 Å². The first-order valence-electron chi connectivity index (χ1n) is 5.39. The van der Waals surface area contributed by atoms with Gasteiger partial charge in [-0.15, -0.1) is 10.2 Å². The molecule has 0 aliphatic heterocycles. The number of benzene rings is 1. The molecule has 1 aromatic heterocycles. The standard InChI is InChI=1S/C12H10ClN3OS/c13-10-5-3-4-9(8-10)11-15-16-12(17-11)18-7-2-1-6-14/h3-5,8H,1-2,7H2. The van der Waals surface area contributed by atoms with Gasteiger partial charge in [0, 0.05) is 22.8 Å². The van der Waals surface area contributed by atoms with Crippen molar-refractivity contribution in [3.8, 4) is 17.5 Å². The van der Waals surface area contributed by atoms with Crippen LogP contribution in [-0.2, 0) is 0 Å². The van der Waals surface area contributed by atoms with Crippen LogP contribution in [0.25, 0.3) is 11.5 Å². The van der Waals surface area contributed by atoms with E-state index in [1.807, 2.05) is 12.1 Å². The number of thioether (sulfide) groups is 1. The summed E-state index contributed by atoms with van der Waals surface area (Å²) in [5.41, 5.74) is 0.805. The van der Waals surface area contributed by atoms with E-state index in [0.29, 0.717) is 22.6 Å². The molecule has 0 N–H and O–H groups in total.